The molecule has 1 amide bonds. The Balaban J connectivity index is 2.16. The number of anilines is 2. The van der Waals surface area contributed by atoms with Crippen LogP contribution in [-0.2, 0) is 0 Å². The molecule has 6 heteroatoms. The highest BCUT2D eigenvalue weighted by Gasteiger charge is 2.12. The van der Waals surface area contributed by atoms with Gasteiger partial charge in [-0.1, -0.05) is 25.8 Å². The summed E-state index contributed by atoms with van der Waals surface area (Å²) < 4.78 is 5.36. The molecule has 0 saturated heterocycles. The van der Waals surface area contributed by atoms with Crippen molar-refractivity contribution in [1.29, 1.82) is 0 Å². The summed E-state index contributed by atoms with van der Waals surface area (Å²) in [5.41, 5.74) is 2.94. The molecule has 0 fully saturated rings. The minimum absolute atomic E-state index is 0.180. The fraction of sp³-hybridized carbons (Fsp3) is 0.421. The molecule has 0 spiro atoms. The first kappa shape index (κ1) is 18.7. The molecule has 134 valence electrons. The Morgan fingerprint density at radius 1 is 1.16 bits per heavy atom. The number of rotatable bonds is 8. The quantitative estimate of drug-likeness (QED) is 0.714. The van der Waals surface area contributed by atoms with Gasteiger partial charge in [-0.15, -0.1) is 0 Å². The van der Waals surface area contributed by atoms with Crippen LogP contribution in [0.2, 0.25) is 0 Å². The van der Waals surface area contributed by atoms with Gasteiger partial charge in [-0.25, -0.2) is 9.97 Å². The lowest BCUT2D eigenvalue weighted by Gasteiger charge is -2.12. The van der Waals surface area contributed by atoms with E-state index in [-0.39, 0.29) is 5.91 Å². The van der Waals surface area contributed by atoms with Crippen molar-refractivity contribution in [3.63, 3.8) is 0 Å². The summed E-state index contributed by atoms with van der Waals surface area (Å²) in [7, 11) is 1.61. The second-order valence-electron chi connectivity index (χ2n) is 6.01. The fourth-order valence-electron chi connectivity index (χ4n) is 2.45. The molecule has 2 N–H and O–H groups in total. The number of nitrogens with one attached hydrogen (secondary N) is 2. The van der Waals surface area contributed by atoms with E-state index in [2.05, 4.69) is 27.5 Å². The maximum Gasteiger partial charge on any atom is 0.270 e. The van der Waals surface area contributed by atoms with Gasteiger partial charge in [0.2, 0.25) is 5.95 Å². The average Bonchev–Trinajstić information content (AvgIpc) is 2.58. The maximum absolute atomic E-state index is 12.3. The lowest BCUT2D eigenvalue weighted by molar-refractivity contribution is 0.0948. The molecule has 0 unspecified atom stereocenters. The molecule has 1 heterocycles. The number of amides is 1. The molecule has 25 heavy (non-hydrogen) atoms. The van der Waals surface area contributed by atoms with Gasteiger partial charge in [0, 0.05) is 12.2 Å². The van der Waals surface area contributed by atoms with Gasteiger partial charge in [0.05, 0.1) is 12.8 Å². The van der Waals surface area contributed by atoms with Gasteiger partial charge in [-0.05, 0) is 44.0 Å². The zero-order valence-electron chi connectivity index (χ0n) is 15.3. The van der Waals surface area contributed by atoms with Crippen molar-refractivity contribution in [2.75, 3.05) is 19.0 Å². The minimum atomic E-state index is -0.180. The normalized spacial score (nSPS) is 10.4. The van der Waals surface area contributed by atoms with E-state index >= 15 is 0 Å². The maximum atomic E-state index is 12.3. The zero-order chi connectivity index (χ0) is 18.2. The van der Waals surface area contributed by atoms with E-state index in [9.17, 15) is 4.79 Å². The third kappa shape index (κ3) is 5.45. The molecule has 6 nitrogen and oxygen atoms in total. The number of benzene rings is 1. The van der Waals surface area contributed by atoms with Crippen molar-refractivity contribution in [1.82, 2.24) is 15.3 Å². The van der Waals surface area contributed by atoms with Crippen LogP contribution in [0.5, 0.6) is 5.75 Å². The molecule has 0 bridgehead atoms. The third-order valence-corrected chi connectivity index (χ3v) is 3.75. The summed E-state index contributed by atoms with van der Waals surface area (Å²) in [6, 6.07) is 7.49. The number of hydrogen-bond acceptors (Lipinski definition) is 5. The number of aryl methyl sites for hydroxylation is 2. The molecule has 0 aliphatic carbocycles. The number of ether oxygens (including phenoxy) is 1. The molecule has 2 rings (SSSR count). The van der Waals surface area contributed by atoms with Crippen molar-refractivity contribution in [3.05, 3.63) is 41.2 Å². The standard InChI is InChI=1S/C19H26N4O2/c1-5-6-7-10-20-18(24)16-12-14(3)21-19(23-16)22-15-11-13(2)8-9-17(15)25-4/h8-9,11-12H,5-7,10H2,1-4H3,(H,20,24)(H,21,22,23). The molecule has 0 saturated carbocycles. The zero-order valence-corrected chi connectivity index (χ0v) is 15.3. The first-order valence-corrected chi connectivity index (χ1v) is 8.59. The number of hydrogen-bond donors (Lipinski definition) is 2. The van der Waals surface area contributed by atoms with Crippen molar-refractivity contribution >= 4 is 17.5 Å². The molecule has 0 atom stereocenters. The van der Waals surface area contributed by atoms with Crippen LogP contribution in [0.4, 0.5) is 11.6 Å². The molecule has 0 radical (unpaired) electrons. The topological polar surface area (TPSA) is 76.1 Å². The Kier molecular flexibility index (Phi) is 6.74. The number of carbonyl (C=O) groups is 1. The summed E-state index contributed by atoms with van der Waals surface area (Å²) in [5.74, 6) is 0.893. The van der Waals surface area contributed by atoms with E-state index in [1.54, 1.807) is 13.2 Å². The Morgan fingerprint density at radius 2 is 1.96 bits per heavy atom. The van der Waals surface area contributed by atoms with E-state index in [1.165, 1.54) is 0 Å². The number of unbranched alkanes of at least 4 members (excludes halogenated alkanes) is 2. The summed E-state index contributed by atoms with van der Waals surface area (Å²) in [6.07, 6.45) is 3.19. The summed E-state index contributed by atoms with van der Waals surface area (Å²) in [5, 5.41) is 6.05. The SMILES string of the molecule is CCCCCNC(=O)c1cc(C)nc(Nc2cc(C)ccc2OC)n1. The Morgan fingerprint density at radius 3 is 2.68 bits per heavy atom. The average molecular weight is 342 g/mol. The first-order chi connectivity index (χ1) is 12.0. The first-order valence-electron chi connectivity index (χ1n) is 8.59. The molecule has 0 aliphatic rings. The molecule has 1 aromatic heterocycles. The Hall–Kier alpha value is -2.63. The molecule has 1 aromatic carbocycles. The van der Waals surface area contributed by atoms with Gasteiger partial charge in [0.1, 0.15) is 11.4 Å². The second kappa shape index (κ2) is 9.01. The molecule has 0 aliphatic heterocycles. The highest BCUT2D eigenvalue weighted by Crippen LogP contribution is 2.27. The predicted molar refractivity (Wildman–Crippen MR) is 99.6 cm³/mol. The van der Waals surface area contributed by atoms with E-state index < -0.39 is 0 Å². The van der Waals surface area contributed by atoms with Gasteiger partial charge in [0.15, 0.2) is 0 Å². The summed E-state index contributed by atoms with van der Waals surface area (Å²) in [6.45, 7) is 6.63. The summed E-state index contributed by atoms with van der Waals surface area (Å²) >= 11 is 0. The van der Waals surface area contributed by atoms with Crippen LogP contribution in [-0.4, -0.2) is 29.5 Å². The lowest BCUT2D eigenvalue weighted by atomic mass is 10.2. The van der Waals surface area contributed by atoms with Gasteiger partial charge < -0.3 is 15.4 Å². The van der Waals surface area contributed by atoms with Crippen LogP contribution in [0.15, 0.2) is 24.3 Å². The van der Waals surface area contributed by atoms with Crippen LogP contribution in [0.3, 0.4) is 0 Å². The van der Waals surface area contributed by atoms with E-state index in [4.69, 9.17) is 4.74 Å². The molecular formula is C19H26N4O2. The highest BCUT2D eigenvalue weighted by atomic mass is 16.5. The lowest BCUT2D eigenvalue weighted by Crippen LogP contribution is -2.26. The third-order valence-electron chi connectivity index (χ3n) is 3.75. The van der Waals surface area contributed by atoms with Gasteiger partial charge >= 0.3 is 0 Å². The van der Waals surface area contributed by atoms with Gasteiger partial charge in [0.25, 0.3) is 5.91 Å². The molecular weight excluding hydrogens is 316 g/mol. The Labute approximate surface area is 149 Å². The smallest absolute Gasteiger partial charge is 0.270 e. The van der Waals surface area contributed by atoms with Crippen molar-refractivity contribution in [2.24, 2.45) is 0 Å². The fourth-order valence-corrected chi connectivity index (χ4v) is 2.45. The van der Waals surface area contributed by atoms with E-state index in [0.29, 0.717) is 23.9 Å². The van der Waals surface area contributed by atoms with Crippen LogP contribution in [0.1, 0.15) is 47.9 Å². The van der Waals surface area contributed by atoms with Gasteiger partial charge in [-0.2, -0.15) is 0 Å². The summed E-state index contributed by atoms with van der Waals surface area (Å²) in [4.78, 5) is 21.0. The van der Waals surface area contributed by atoms with Crippen molar-refractivity contribution in [2.45, 2.75) is 40.0 Å². The Bertz CT molecular complexity index is 731. The number of aromatic nitrogens is 2. The number of nitrogens with zero attached hydrogens (tertiary/aromatic N) is 2. The number of carbonyl (C=O) groups excluding carboxylic acids is 1. The van der Waals surface area contributed by atoms with Crippen molar-refractivity contribution in [3.8, 4) is 5.75 Å². The van der Waals surface area contributed by atoms with Crippen LogP contribution < -0.4 is 15.4 Å². The van der Waals surface area contributed by atoms with E-state index in [0.717, 1.165) is 36.2 Å². The van der Waals surface area contributed by atoms with Crippen molar-refractivity contribution < 1.29 is 9.53 Å². The predicted octanol–water partition coefficient (Wildman–Crippen LogP) is 3.77. The monoisotopic (exact) mass is 342 g/mol. The number of methoxy groups -OCH3 is 1. The van der Waals surface area contributed by atoms with Crippen LogP contribution in [0.25, 0.3) is 0 Å². The van der Waals surface area contributed by atoms with Crippen LogP contribution >= 0.6 is 0 Å². The van der Waals surface area contributed by atoms with E-state index in [1.807, 2.05) is 32.0 Å². The largest absolute Gasteiger partial charge is 0.495 e. The molecule has 2 aromatic rings. The second-order valence-corrected chi connectivity index (χ2v) is 6.01. The van der Waals surface area contributed by atoms with Gasteiger partial charge in [-0.3, -0.25) is 4.79 Å². The van der Waals surface area contributed by atoms with Crippen LogP contribution in [0, 0.1) is 13.8 Å². The highest BCUT2D eigenvalue weighted by molar-refractivity contribution is 5.92. The minimum Gasteiger partial charge on any atom is -0.495 e.